The summed E-state index contributed by atoms with van der Waals surface area (Å²) in [6, 6.07) is 7.97. The number of carbonyl (C=O) groups is 1. The molecule has 0 unspecified atom stereocenters. The van der Waals surface area contributed by atoms with Crippen LogP contribution in [0.15, 0.2) is 24.3 Å². The van der Waals surface area contributed by atoms with Gasteiger partial charge >= 0.3 is 0 Å². The second kappa shape index (κ2) is 2.76. The molecule has 1 aliphatic rings. The molecule has 0 bridgehead atoms. The van der Waals surface area contributed by atoms with Gasteiger partial charge in [-0.05, 0) is 11.6 Å². The molecule has 0 fully saturated rings. The van der Waals surface area contributed by atoms with Crippen molar-refractivity contribution in [3.05, 3.63) is 29.8 Å². The van der Waals surface area contributed by atoms with Gasteiger partial charge < -0.3 is 0 Å². The fourth-order valence-corrected chi connectivity index (χ4v) is 1.58. The molecule has 3 heteroatoms. The van der Waals surface area contributed by atoms with Crippen molar-refractivity contribution in [3.63, 3.8) is 0 Å². The third kappa shape index (κ3) is 1.16. The predicted molar refractivity (Wildman–Crippen MR) is 51.3 cm³/mol. The van der Waals surface area contributed by atoms with Crippen LogP contribution in [0, 0.1) is 0 Å². The van der Waals surface area contributed by atoms with Gasteiger partial charge in [0.05, 0.1) is 12.1 Å². The smallest absolute Gasteiger partial charge is 0.245 e. The fraction of sp³-hybridized carbons (Fsp3) is 0.300. The molecule has 0 radical (unpaired) electrons. The van der Waals surface area contributed by atoms with Crippen LogP contribution < -0.4 is 5.01 Å². The first-order valence-electron chi connectivity index (χ1n) is 4.28. The highest BCUT2D eigenvalue weighted by Crippen LogP contribution is 2.25. The third-order valence-electron chi connectivity index (χ3n) is 2.49. The van der Waals surface area contributed by atoms with Crippen LogP contribution in [-0.2, 0) is 11.2 Å². The number of likely N-dealkylation sites (N-methyl/N-ethyl adjacent to an activating group) is 1. The molecule has 2 rings (SSSR count). The van der Waals surface area contributed by atoms with Crippen molar-refractivity contribution in [1.29, 1.82) is 0 Å². The van der Waals surface area contributed by atoms with E-state index in [0.717, 1.165) is 11.3 Å². The number of hydrogen-bond donors (Lipinski definition) is 0. The Morgan fingerprint density at radius 2 is 1.85 bits per heavy atom. The summed E-state index contributed by atoms with van der Waals surface area (Å²) in [7, 11) is 3.69. The summed E-state index contributed by atoms with van der Waals surface area (Å²) in [6.07, 6.45) is 0.511. The van der Waals surface area contributed by atoms with Crippen molar-refractivity contribution in [1.82, 2.24) is 5.01 Å². The summed E-state index contributed by atoms with van der Waals surface area (Å²) in [6.45, 7) is 0. The molecular weight excluding hydrogens is 164 g/mol. The maximum Gasteiger partial charge on any atom is 0.245 e. The highest BCUT2D eigenvalue weighted by molar-refractivity contribution is 5.85. The second-order valence-corrected chi connectivity index (χ2v) is 3.25. The van der Waals surface area contributed by atoms with Gasteiger partial charge in [-0.2, -0.15) is 0 Å². The topological polar surface area (TPSA) is 23.6 Å². The number of anilines is 1. The van der Waals surface area contributed by atoms with Crippen LogP contribution in [-0.4, -0.2) is 25.0 Å². The lowest BCUT2D eigenvalue weighted by Gasteiger charge is -2.35. The maximum absolute atomic E-state index is 11.5. The zero-order valence-electron chi connectivity index (χ0n) is 7.82. The van der Waals surface area contributed by atoms with Crippen molar-refractivity contribution >= 4 is 11.6 Å². The molecule has 0 spiro atoms. The first kappa shape index (κ1) is 8.10. The fourth-order valence-electron chi connectivity index (χ4n) is 1.58. The van der Waals surface area contributed by atoms with Gasteiger partial charge in [0.15, 0.2) is 0 Å². The summed E-state index contributed by atoms with van der Waals surface area (Å²) in [5.74, 6) is 0.140. The molecule has 1 amide bonds. The van der Waals surface area contributed by atoms with Crippen LogP contribution in [0.4, 0.5) is 5.69 Å². The first-order valence-corrected chi connectivity index (χ1v) is 4.28. The van der Waals surface area contributed by atoms with Crippen LogP contribution in [0.5, 0.6) is 0 Å². The molecule has 0 atom stereocenters. The number of hydrazine groups is 1. The van der Waals surface area contributed by atoms with Gasteiger partial charge in [0.2, 0.25) is 5.91 Å². The number of benzene rings is 1. The Morgan fingerprint density at radius 3 is 2.62 bits per heavy atom. The lowest BCUT2D eigenvalue weighted by molar-refractivity contribution is -0.130. The molecule has 13 heavy (non-hydrogen) atoms. The van der Waals surface area contributed by atoms with Gasteiger partial charge in [-0.1, -0.05) is 18.2 Å². The van der Waals surface area contributed by atoms with E-state index < -0.39 is 0 Å². The molecule has 3 nitrogen and oxygen atoms in total. The van der Waals surface area contributed by atoms with E-state index in [9.17, 15) is 4.79 Å². The Balaban J connectivity index is 2.49. The largest absolute Gasteiger partial charge is 0.286 e. The lowest BCUT2D eigenvalue weighted by atomic mass is 10.1. The normalized spacial score (nSPS) is 16.0. The molecule has 68 valence electrons. The van der Waals surface area contributed by atoms with Crippen molar-refractivity contribution < 1.29 is 4.79 Å². The van der Waals surface area contributed by atoms with Crippen LogP contribution in [0.2, 0.25) is 0 Å². The molecule has 0 N–H and O–H groups in total. The zero-order chi connectivity index (χ0) is 9.42. The van der Waals surface area contributed by atoms with Crippen LogP contribution in [0.25, 0.3) is 0 Å². The van der Waals surface area contributed by atoms with Gasteiger partial charge in [0.1, 0.15) is 0 Å². The number of para-hydroxylation sites is 1. The van der Waals surface area contributed by atoms with Gasteiger partial charge in [-0.25, -0.2) is 0 Å². The molecule has 1 aliphatic heterocycles. The quantitative estimate of drug-likeness (QED) is 0.590. The maximum atomic E-state index is 11.5. The van der Waals surface area contributed by atoms with Gasteiger partial charge in [-0.3, -0.25) is 14.8 Å². The van der Waals surface area contributed by atoms with E-state index in [1.165, 1.54) is 0 Å². The second-order valence-electron chi connectivity index (χ2n) is 3.25. The lowest BCUT2D eigenvalue weighted by Crippen LogP contribution is -2.45. The predicted octanol–water partition coefficient (Wildman–Crippen LogP) is 1.05. The Kier molecular flexibility index (Phi) is 1.72. The third-order valence-corrected chi connectivity index (χ3v) is 2.49. The highest BCUT2D eigenvalue weighted by atomic mass is 16.2. The Bertz CT molecular complexity index is 349. The minimum atomic E-state index is 0.140. The van der Waals surface area contributed by atoms with Crippen LogP contribution >= 0.6 is 0 Å². The van der Waals surface area contributed by atoms with Crippen molar-refractivity contribution in [3.8, 4) is 0 Å². The van der Waals surface area contributed by atoms with E-state index in [4.69, 9.17) is 0 Å². The SMILES string of the molecule is CN1C(=O)Cc2ccccc2N1C. The van der Waals surface area contributed by atoms with E-state index >= 15 is 0 Å². The summed E-state index contributed by atoms with van der Waals surface area (Å²) in [5, 5.41) is 3.52. The number of hydrogen-bond acceptors (Lipinski definition) is 2. The zero-order valence-corrected chi connectivity index (χ0v) is 7.82. The van der Waals surface area contributed by atoms with E-state index in [0.29, 0.717) is 6.42 Å². The average molecular weight is 176 g/mol. The van der Waals surface area contributed by atoms with Gasteiger partial charge in [0, 0.05) is 14.1 Å². The van der Waals surface area contributed by atoms with Crippen LogP contribution in [0.1, 0.15) is 5.56 Å². The molecule has 0 aliphatic carbocycles. The molecule has 1 aromatic rings. The van der Waals surface area contributed by atoms with Crippen molar-refractivity contribution in [2.75, 3.05) is 19.1 Å². The molecule has 0 aromatic heterocycles. The number of carbonyl (C=O) groups excluding carboxylic acids is 1. The van der Waals surface area contributed by atoms with Crippen LogP contribution in [0.3, 0.4) is 0 Å². The Hall–Kier alpha value is -1.51. The molecule has 0 saturated heterocycles. The number of rotatable bonds is 0. The Labute approximate surface area is 77.5 Å². The highest BCUT2D eigenvalue weighted by Gasteiger charge is 2.23. The minimum absolute atomic E-state index is 0.140. The molecule has 1 aromatic carbocycles. The number of amides is 1. The summed E-state index contributed by atoms with van der Waals surface area (Å²) in [4.78, 5) is 11.5. The summed E-state index contributed by atoms with van der Waals surface area (Å²) >= 11 is 0. The van der Waals surface area contributed by atoms with Crippen molar-refractivity contribution in [2.24, 2.45) is 0 Å². The summed E-state index contributed by atoms with van der Waals surface area (Å²) in [5.41, 5.74) is 2.22. The van der Waals surface area contributed by atoms with E-state index in [-0.39, 0.29) is 5.91 Å². The van der Waals surface area contributed by atoms with E-state index in [1.54, 1.807) is 12.1 Å². The Morgan fingerprint density at radius 1 is 1.15 bits per heavy atom. The molecular formula is C10H12N2O. The summed E-state index contributed by atoms with van der Waals surface area (Å²) < 4.78 is 0. The van der Waals surface area contributed by atoms with E-state index in [2.05, 4.69) is 0 Å². The average Bonchev–Trinajstić information content (AvgIpc) is 2.15. The van der Waals surface area contributed by atoms with Gasteiger partial charge in [0.25, 0.3) is 0 Å². The minimum Gasteiger partial charge on any atom is -0.286 e. The van der Waals surface area contributed by atoms with Crippen molar-refractivity contribution in [2.45, 2.75) is 6.42 Å². The molecule has 1 heterocycles. The molecule has 0 saturated carbocycles. The number of fused-ring (bicyclic) bond motifs is 1. The van der Waals surface area contributed by atoms with Gasteiger partial charge in [-0.15, -0.1) is 0 Å². The monoisotopic (exact) mass is 176 g/mol. The number of nitrogens with zero attached hydrogens (tertiary/aromatic N) is 2. The first-order chi connectivity index (χ1) is 6.20. The standard InChI is InChI=1S/C10H12N2O/c1-11-9-6-4-3-5-8(9)7-10(13)12(11)2/h3-6H,7H2,1-2H3. The van der Waals surface area contributed by atoms with E-state index in [1.807, 2.05) is 36.3 Å².